The molecule has 21 heavy (non-hydrogen) atoms. The second-order valence-corrected chi connectivity index (χ2v) is 4.64. The number of benzene rings is 1. The Bertz CT molecular complexity index is 463. The van der Waals surface area contributed by atoms with E-state index in [0.29, 0.717) is 26.1 Å². The van der Waals surface area contributed by atoms with E-state index >= 15 is 0 Å². The lowest BCUT2D eigenvalue weighted by molar-refractivity contribution is -0.137. The zero-order chi connectivity index (χ0) is 15.9. The molecule has 0 spiro atoms. The summed E-state index contributed by atoms with van der Waals surface area (Å²) in [5, 5.41) is 2.49. The number of anilines is 1. The van der Waals surface area contributed by atoms with Gasteiger partial charge in [0.2, 0.25) is 0 Å². The average molecular weight is 303 g/mol. The van der Waals surface area contributed by atoms with Gasteiger partial charge in [-0.15, -0.1) is 0 Å². The Morgan fingerprint density at radius 1 is 1.33 bits per heavy atom. The third-order valence-electron chi connectivity index (χ3n) is 2.85. The summed E-state index contributed by atoms with van der Waals surface area (Å²) in [7, 11) is 0. The maximum Gasteiger partial charge on any atom is 0.416 e. The Morgan fingerprint density at radius 3 is 2.62 bits per heavy atom. The molecule has 0 unspecified atom stereocenters. The van der Waals surface area contributed by atoms with Gasteiger partial charge in [0, 0.05) is 18.8 Å². The fourth-order valence-electron chi connectivity index (χ4n) is 1.84. The highest BCUT2D eigenvalue weighted by molar-refractivity contribution is 5.89. The minimum absolute atomic E-state index is 0.128. The van der Waals surface area contributed by atoms with Crippen LogP contribution in [0.5, 0.6) is 0 Å². The SMILES string of the molecule is CCCN(CCCN)C(=O)Nc1cccc(C(F)(F)F)c1. The molecule has 0 aromatic heterocycles. The summed E-state index contributed by atoms with van der Waals surface area (Å²) >= 11 is 0. The summed E-state index contributed by atoms with van der Waals surface area (Å²) in [6, 6.07) is 4.17. The van der Waals surface area contributed by atoms with E-state index in [-0.39, 0.29) is 5.69 Å². The summed E-state index contributed by atoms with van der Waals surface area (Å²) < 4.78 is 37.8. The molecule has 0 saturated carbocycles. The molecule has 118 valence electrons. The molecule has 0 aliphatic carbocycles. The maximum atomic E-state index is 12.6. The van der Waals surface area contributed by atoms with Gasteiger partial charge in [0.05, 0.1) is 5.56 Å². The second kappa shape index (κ2) is 7.87. The molecule has 0 fully saturated rings. The minimum atomic E-state index is -4.43. The van der Waals surface area contributed by atoms with E-state index < -0.39 is 17.8 Å². The van der Waals surface area contributed by atoms with Crippen LogP contribution >= 0.6 is 0 Å². The zero-order valence-electron chi connectivity index (χ0n) is 11.9. The lowest BCUT2D eigenvalue weighted by atomic mass is 10.2. The van der Waals surface area contributed by atoms with E-state index in [1.54, 1.807) is 4.90 Å². The van der Waals surface area contributed by atoms with Gasteiger partial charge in [-0.1, -0.05) is 13.0 Å². The quantitative estimate of drug-likeness (QED) is 0.847. The maximum absolute atomic E-state index is 12.6. The minimum Gasteiger partial charge on any atom is -0.330 e. The molecule has 1 rings (SSSR count). The van der Waals surface area contributed by atoms with Crippen LogP contribution in [0, 0.1) is 0 Å². The second-order valence-electron chi connectivity index (χ2n) is 4.64. The molecule has 0 aliphatic heterocycles. The van der Waals surface area contributed by atoms with Crippen LogP contribution in [0.4, 0.5) is 23.7 Å². The zero-order valence-corrected chi connectivity index (χ0v) is 11.9. The molecule has 4 nitrogen and oxygen atoms in total. The van der Waals surface area contributed by atoms with Crippen LogP contribution in [0.25, 0.3) is 0 Å². The predicted molar refractivity (Wildman–Crippen MR) is 76.0 cm³/mol. The Morgan fingerprint density at radius 2 is 2.05 bits per heavy atom. The van der Waals surface area contributed by atoms with E-state index in [0.717, 1.165) is 18.6 Å². The van der Waals surface area contributed by atoms with Gasteiger partial charge in [0.1, 0.15) is 0 Å². The van der Waals surface area contributed by atoms with Crippen molar-refractivity contribution in [3.63, 3.8) is 0 Å². The predicted octanol–water partition coefficient (Wildman–Crippen LogP) is 3.30. The van der Waals surface area contributed by atoms with Crippen LogP contribution in [0.2, 0.25) is 0 Å². The van der Waals surface area contributed by atoms with Crippen molar-refractivity contribution < 1.29 is 18.0 Å². The van der Waals surface area contributed by atoms with Crippen LogP contribution in [-0.4, -0.2) is 30.6 Å². The third kappa shape index (κ3) is 5.63. The summed E-state index contributed by atoms with van der Waals surface area (Å²) in [5.41, 5.74) is 4.75. The molecular formula is C14H20F3N3O. The number of halogens is 3. The van der Waals surface area contributed by atoms with Crippen molar-refractivity contribution in [2.75, 3.05) is 25.0 Å². The van der Waals surface area contributed by atoms with E-state index in [9.17, 15) is 18.0 Å². The molecule has 2 amide bonds. The molecule has 0 saturated heterocycles. The number of carbonyl (C=O) groups excluding carboxylic acids is 1. The number of urea groups is 1. The number of hydrogen-bond acceptors (Lipinski definition) is 2. The van der Waals surface area contributed by atoms with Gasteiger partial charge in [-0.2, -0.15) is 13.2 Å². The van der Waals surface area contributed by atoms with Gasteiger partial charge < -0.3 is 16.0 Å². The Balaban J connectivity index is 2.76. The molecule has 0 bridgehead atoms. The van der Waals surface area contributed by atoms with Crippen LogP contribution in [0.1, 0.15) is 25.3 Å². The van der Waals surface area contributed by atoms with Gasteiger partial charge in [0.25, 0.3) is 0 Å². The Kier molecular flexibility index (Phi) is 6.48. The van der Waals surface area contributed by atoms with Gasteiger partial charge in [-0.05, 0) is 37.6 Å². The topological polar surface area (TPSA) is 58.4 Å². The third-order valence-corrected chi connectivity index (χ3v) is 2.85. The first-order valence-corrected chi connectivity index (χ1v) is 6.81. The largest absolute Gasteiger partial charge is 0.416 e. The lowest BCUT2D eigenvalue weighted by Crippen LogP contribution is -2.37. The van der Waals surface area contributed by atoms with Crippen molar-refractivity contribution in [1.29, 1.82) is 0 Å². The molecule has 0 heterocycles. The summed E-state index contributed by atoms with van der Waals surface area (Å²) in [4.78, 5) is 13.6. The monoisotopic (exact) mass is 303 g/mol. The van der Waals surface area contributed by atoms with Crippen molar-refractivity contribution in [2.45, 2.75) is 25.9 Å². The number of alkyl halides is 3. The first-order chi connectivity index (χ1) is 9.88. The number of nitrogens with zero attached hydrogens (tertiary/aromatic N) is 1. The van der Waals surface area contributed by atoms with Crippen LogP contribution in [-0.2, 0) is 6.18 Å². The van der Waals surface area contributed by atoms with Crippen LogP contribution < -0.4 is 11.1 Å². The van der Waals surface area contributed by atoms with Crippen LogP contribution in [0.3, 0.4) is 0 Å². The fourth-order valence-corrected chi connectivity index (χ4v) is 1.84. The highest BCUT2D eigenvalue weighted by Gasteiger charge is 2.30. The van der Waals surface area contributed by atoms with Gasteiger partial charge in [-0.25, -0.2) is 4.79 Å². The van der Waals surface area contributed by atoms with E-state index in [2.05, 4.69) is 5.32 Å². The smallest absolute Gasteiger partial charge is 0.330 e. The first-order valence-electron chi connectivity index (χ1n) is 6.81. The van der Waals surface area contributed by atoms with Crippen molar-refractivity contribution in [3.8, 4) is 0 Å². The molecule has 7 heteroatoms. The molecule has 0 aliphatic rings. The summed E-state index contributed by atoms with van der Waals surface area (Å²) in [5.74, 6) is 0. The molecule has 3 N–H and O–H groups in total. The normalized spacial score (nSPS) is 11.3. The molecule has 1 aromatic carbocycles. The fraction of sp³-hybridized carbons (Fsp3) is 0.500. The number of nitrogens with one attached hydrogen (secondary N) is 1. The van der Waals surface area contributed by atoms with E-state index in [1.807, 2.05) is 6.92 Å². The average Bonchev–Trinajstić information content (AvgIpc) is 2.42. The molecule has 0 radical (unpaired) electrons. The number of rotatable bonds is 6. The number of hydrogen-bond donors (Lipinski definition) is 2. The number of amides is 2. The number of carbonyl (C=O) groups is 1. The molecular weight excluding hydrogens is 283 g/mol. The highest BCUT2D eigenvalue weighted by atomic mass is 19.4. The Hall–Kier alpha value is -1.76. The molecule has 1 aromatic rings. The summed E-state index contributed by atoms with van der Waals surface area (Å²) in [6.45, 7) is 3.39. The van der Waals surface area contributed by atoms with Crippen molar-refractivity contribution in [1.82, 2.24) is 4.90 Å². The summed E-state index contributed by atoms with van der Waals surface area (Å²) in [6.07, 6.45) is -3.01. The van der Waals surface area contributed by atoms with Crippen molar-refractivity contribution in [3.05, 3.63) is 29.8 Å². The molecule has 0 atom stereocenters. The van der Waals surface area contributed by atoms with Gasteiger partial charge >= 0.3 is 12.2 Å². The van der Waals surface area contributed by atoms with Crippen molar-refractivity contribution >= 4 is 11.7 Å². The van der Waals surface area contributed by atoms with E-state index in [4.69, 9.17) is 5.73 Å². The first kappa shape index (κ1) is 17.3. The van der Waals surface area contributed by atoms with Gasteiger partial charge in [0.15, 0.2) is 0 Å². The van der Waals surface area contributed by atoms with Crippen LogP contribution in [0.15, 0.2) is 24.3 Å². The van der Waals surface area contributed by atoms with Crippen molar-refractivity contribution in [2.24, 2.45) is 5.73 Å². The van der Waals surface area contributed by atoms with E-state index in [1.165, 1.54) is 12.1 Å². The lowest BCUT2D eigenvalue weighted by Gasteiger charge is -2.22. The van der Waals surface area contributed by atoms with Gasteiger partial charge in [-0.3, -0.25) is 0 Å². The standard InChI is InChI=1S/C14H20F3N3O/c1-2-8-20(9-4-7-18)13(21)19-12-6-3-5-11(10-12)14(15,16)17/h3,5-6,10H,2,4,7-9,18H2,1H3,(H,19,21). The Labute approximate surface area is 122 Å². The highest BCUT2D eigenvalue weighted by Crippen LogP contribution is 2.30. The number of nitrogens with two attached hydrogens (primary N) is 1.